The van der Waals surface area contributed by atoms with Gasteiger partial charge in [-0.1, -0.05) is 12.1 Å². The van der Waals surface area contributed by atoms with Gasteiger partial charge in [-0.25, -0.2) is 4.79 Å². The first-order chi connectivity index (χ1) is 9.71. The molecule has 0 aliphatic rings. The first kappa shape index (κ1) is 16.5. The van der Waals surface area contributed by atoms with Crippen molar-refractivity contribution in [1.29, 1.82) is 0 Å². The summed E-state index contributed by atoms with van der Waals surface area (Å²) < 4.78 is 42.5. The molecule has 1 aromatic carbocycles. The zero-order chi connectivity index (χ0) is 16.0. The van der Waals surface area contributed by atoms with Crippen LogP contribution in [0.1, 0.15) is 22.8 Å². The Balaban J connectivity index is 2.69. The number of alkyl halides is 3. The van der Waals surface area contributed by atoms with Crippen molar-refractivity contribution in [3.8, 4) is 0 Å². The predicted molar refractivity (Wildman–Crippen MR) is 63.7 cm³/mol. The summed E-state index contributed by atoms with van der Waals surface area (Å²) >= 11 is 0. The summed E-state index contributed by atoms with van der Waals surface area (Å²) in [5.41, 5.74) is 1.98. The highest BCUT2D eigenvalue weighted by Crippen LogP contribution is 2.32. The van der Waals surface area contributed by atoms with E-state index in [2.05, 4.69) is 4.74 Å². The van der Waals surface area contributed by atoms with Gasteiger partial charge in [0.25, 0.3) is 5.91 Å². The Morgan fingerprint density at radius 2 is 1.76 bits per heavy atom. The summed E-state index contributed by atoms with van der Waals surface area (Å²) in [7, 11) is 0. The third-order valence-corrected chi connectivity index (χ3v) is 2.16. The van der Waals surface area contributed by atoms with E-state index in [1.54, 1.807) is 0 Å². The summed E-state index contributed by atoms with van der Waals surface area (Å²) in [6.07, 6.45) is -4.71. The second-order valence-corrected chi connectivity index (χ2v) is 3.85. The molecule has 1 rings (SSSR count). The van der Waals surface area contributed by atoms with E-state index >= 15 is 0 Å². The topological polar surface area (TPSA) is 84.5 Å². The molecule has 0 aliphatic heterocycles. The third kappa shape index (κ3) is 5.13. The van der Waals surface area contributed by atoms with Crippen LogP contribution in [0.4, 0.5) is 13.2 Å². The van der Waals surface area contributed by atoms with Gasteiger partial charge in [0.2, 0.25) is 5.91 Å². The van der Waals surface area contributed by atoms with Gasteiger partial charge in [0.05, 0.1) is 11.1 Å². The molecule has 0 atom stereocenters. The molecular weight excluding hydrogens is 293 g/mol. The quantitative estimate of drug-likeness (QED) is 0.645. The largest absolute Gasteiger partial charge is 0.452 e. The molecule has 1 aromatic rings. The summed E-state index contributed by atoms with van der Waals surface area (Å²) in [6, 6.07) is 4.04. The van der Waals surface area contributed by atoms with Gasteiger partial charge >= 0.3 is 12.1 Å². The number of ether oxygens (including phenoxy) is 1. The number of hydrazine groups is 1. The average Bonchev–Trinajstić information content (AvgIpc) is 2.41. The van der Waals surface area contributed by atoms with Crippen LogP contribution in [0.5, 0.6) is 0 Å². The molecule has 0 aromatic heterocycles. The van der Waals surface area contributed by atoms with Crippen LogP contribution in [0.2, 0.25) is 0 Å². The second kappa shape index (κ2) is 6.73. The smallest absolute Gasteiger partial charge is 0.417 e. The van der Waals surface area contributed by atoms with Crippen LogP contribution in [-0.4, -0.2) is 24.4 Å². The van der Waals surface area contributed by atoms with Crippen LogP contribution >= 0.6 is 0 Å². The highest BCUT2D eigenvalue weighted by molar-refractivity contribution is 5.93. The van der Waals surface area contributed by atoms with Crippen LogP contribution in [0.15, 0.2) is 24.3 Å². The molecule has 0 bridgehead atoms. The highest BCUT2D eigenvalue weighted by Gasteiger charge is 2.35. The number of hydrogen-bond donors (Lipinski definition) is 2. The van der Waals surface area contributed by atoms with Gasteiger partial charge in [-0.15, -0.1) is 0 Å². The maximum absolute atomic E-state index is 12.7. The van der Waals surface area contributed by atoms with Crippen molar-refractivity contribution in [2.75, 3.05) is 6.61 Å². The molecule has 0 saturated heterocycles. The van der Waals surface area contributed by atoms with Gasteiger partial charge in [0.15, 0.2) is 6.61 Å². The van der Waals surface area contributed by atoms with Gasteiger partial charge < -0.3 is 4.74 Å². The van der Waals surface area contributed by atoms with E-state index in [4.69, 9.17) is 0 Å². The van der Waals surface area contributed by atoms with Gasteiger partial charge in [-0.2, -0.15) is 13.2 Å². The number of amides is 2. The van der Waals surface area contributed by atoms with Crippen molar-refractivity contribution in [2.24, 2.45) is 0 Å². The number of benzene rings is 1. The molecule has 9 heteroatoms. The highest BCUT2D eigenvalue weighted by atomic mass is 19.4. The molecule has 2 N–H and O–H groups in total. The number of rotatable bonds is 3. The van der Waals surface area contributed by atoms with Crippen molar-refractivity contribution >= 4 is 17.8 Å². The Morgan fingerprint density at radius 3 is 2.33 bits per heavy atom. The standard InChI is InChI=1S/C12H11F3N2O4/c1-7(18)16-17-10(19)6-21-11(20)8-4-2-3-5-9(8)12(13,14)15/h2-5H,6H2,1H3,(H,16,18)(H,17,19). The van der Waals surface area contributed by atoms with Crippen LogP contribution in [-0.2, 0) is 20.5 Å². The van der Waals surface area contributed by atoms with Crippen molar-refractivity contribution in [3.63, 3.8) is 0 Å². The fraction of sp³-hybridized carbons (Fsp3) is 0.250. The molecule has 0 spiro atoms. The van der Waals surface area contributed by atoms with Crippen LogP contribution in [0.25, 0.3) is 0 Å². The second-order valence-electron chi connectivity index (χ2n) is 3.85. The molecule has 21 heavy (non-hydrogen) atoms. The first-order valence-electron chi connectivity index (χ1n) is 5.60. The number of carbonyl (C=O) groups is 3. The van der Waals surface area contributed by atoms with Gasteiger partial charge in [-0.05, 0) is 12.1 Å². The molecule has 6 nitrogen and oxygen atoms in total. The number of nitrogens with one attached hydrogen (secondary N) is 2. The minimum atomic E-state index is -4.71. The zero-order valence-electron chi connectivity index (χ0n) is 10.8. The predicted octanol–water partition coefficient (Wildman–Crippen LogP) is 1.03. The molecule has 0 heterocycles. The Hall–Kier alpha value is -2.58. The lowest BCUT2D eigenvalue weighted by Crippen LogP contribution is -2.42. The van der Waals surface area contributed by atoms with Crippen molar-refractivity contribution in [2.45, 2.75) is 13.1 Å². The molecule has 2 amide bonds. The summed E-state index contributed by atoms with van der Waals surface area (Å²) in [5, 5.41) is 0. The van der Waals surface area contributed by atoms with Crippen molar-refractivity contribution in [3.05, 3.63) is 35.4 Å². The van der Waals surface area contributed by atoms with Crippen LogP contribution in [0, 0.1) is 0 Å². The van der Waals surface area contributed by atoms with E-state index in [0.717, 1.165) is 25.1 Å². The molecule has 0 radical (unpaired) electrons. The Labute approximate surface area is 117 Å². The zero-order valence-corrected chi connectivity index (χ0v) is 10.8. The maximum Gasteiger partial charge on any atom is 0.417 e. The lowest BCUT2D eigenvalue weighted by atomic mass is 10.1. The van der Waals surface area contributed by atoms with E-state index in [1.165, 1.54) is 6.07 Å². The fourth-order valence-electron chi connectivity index (χ4n) is 1.31. The summed E-state index contributed by atoms with van der Waals surface area (Å²) in [5.74, 6) is -2.74. The lowest BCUT2D eigenvalue weighted by Gasteiger charge is -2.12. The van der Waals surface area contributed by atoms with Gasteiger partial charge in [0.1, 0.15) is 0 Å². The third-order valence-electron chi connectivity index (χ3n) is 2.16. The van der Waals surface area contributed by atoms with Gasteiger partial charge in [0, 0.05) is 6.92 Å². The Bertz CT molecular complexity index is 558. The van der Waals surface area contributed by atoms with Gasteiger partial charge in [-0.3, -0.25) is 20.4 Å². The van der Waals surface area contributed by atoms with Crippen LogP contribution in [0.3, 0.4) is 0 Å². The van der Waals surface area contributed by atoms with Crippen molar-refractivity contribution < 1.29 is 32.3 Å². The average molecular weight is 304 g/mol. The number of esters is 1. The molecule has 0 saturated carbocycles. The molecule has 0 fully saturated rings. The summed E-state index contributed by atoms with van der Waals surface area (Å²) in [4.78, 5) is 33.2. The van der Waals surface area contributed by atoms with E-state index in [9.17, 15) is 27.6 Å². The Morgan fingerprint density at radius 1 is 1.14 bits per heavy atom. The van der Waals surface area contributed by atoms with Crippen molar-refractivity contribution in [1.82, 2.24) is 10.9 Å². The molecule has 0 unspecified atom stereocenters. The fourth-order valence-corrected chi connectivity index (χ4v) is 1.31. The maximum atomic E-state index is 12.7. The minimum absolute atomic E-state index is 0.558. The lowest BCUT2D eigenvalue weighted by molar-refractivity contribution is -0.138. The number of halogens is 3. The normalized spacial score (nSPS) is 10.7. The molecular formula is C12H11F3N2O4. The van der Waals surface area contributed by atoms with E-state index in [0.29, 0.717) is 0 Å². The summed E-state index contributed by atoms with van der Waals surface area (Å²) in [6.45, 7) is 0.303. The van der Waals surface area contributed by atoms with E-state index in [1.807, 2.05) is 10.9 Å². The van der Waals surface area contributed by atoms with Crippen LogP contribution < -0.4 is 10.9 Å². The molecule has 114 valence electrons. The first-order valence-corrected chi connectivity index (χ1v) is 5.60. The number of hydrogen-bond acceptors (Lipinski definition) is 4. The monoisotopic (exact) mass is 304 g/mol. The van der Waals surface area contributed by atoms with E-state index < -0.39 is 41.7 Å². The number of carbonyl (C=O) groups excluding carboxylic acids is 3. The van der Waals surface area contributed by atoms with E-state index in [-0.39, 0.29) is 0 Å². The molecule has 0 aliphatic carbocycles. The minimum Gasteiger partial charge on any atom is -0.452 e. The SMILES string of the molecule is CC(=O)NNC(=O)COC(=O)c1ccccc1C(F)(F)F. The Kier molecular flexibility index (Phi) is 5.28.